The highest BCUT2D eigenvalue weighted by Gasteiger charge is 2.27. The van der Waals surface area contributed by atoms with Gasteiger partial charge in [0.1, 0.15) is 5.69 Å². The molecule has 0 atom stereocenters. The maximum Gasteiger partial charge on any atom is 0.358 e. The molecule has 6 nitrogen and oxygen atoms in total. The number of carbonyl (C=O) groups is 2. The van der Waals surface area contributed by atoms with Crippen LogP contribution in [-0.4, -0.2) is 46.8 Å². The van der Waals surface area contributed by atoms with E-state index in [0.717, 1.165) is 31.4 Å². The third-order valence-corrected chi connectivity index (χ3v) is 4.77. The summed E-state index contributed by atoms with van der Waals surface area (Å²) in [5.41, 5.74) is 1.24. The van der Waals surface area contributed by atoms with Gasteiger partial charge in [-0.05, 0) is 25.0 Å². The van der Waals surface area contributed by atoms with Crippen molar-refractivity contribution in [2.75, 3.05) is 14.2 Å². The Morgan fingerprint density at radius 2 is 1.84 bits per heavy atom. The number of para-hydroxylation sites is 1. The van der Waals surface area contributed by atoms with Gasteiger partial charge in [0.15, 0.2) is 5.69 Å². The molecule has 0 spiro atoms. The molecule has 0 N–H and O–H groups in total. The van der Waals surface area contributed by atoms with Crippen LogP contribution in [0.5, 0.6) is 0 Å². The zero-order chi connectivity index (χ0) is 17.8. The number of rotatable bonds is 4. The number of benzene rings is 1. The fraction of sp³-hybridized carbons (Fsp3) is 0.421. The third kappa shape index (κ3) is 3.57. The molecule has 1 saturated carbocycles. The molecule has 132 valence electrons. The number of hydrogen-bond donors (Lipinski definition) is 0. The van der Waals surface area contributed by atoms with Crippen LogP contribution >= 0.6 is 0 Å². The Hall–Kier alpha value is -2.63. The number of nitrogens with zero attached hydrogens (tertiary/aromatic N) is 3. The van der Waals surface area contributed by atoms with Gasteiger partial charge < -0.3 is 9.64 Å². The Balaban J connectivity index is 1.97. The summed E-state index contributed by atoms with van der Waals surface area (Å²) in [6.45, 7) is 0. The number of hydrogen-bond acceptors (Lipinski definition) is 4. The molecule has 1 fully saturated rings. The first-order valence-electron chi connectivity index (χ1n) is 8.62. The topological polar surface area (TPSA) is 64.4 Å². The SMILES string of the molecule is COC(=O)c1cc(C(=O)N(C)C2CCCCC2)n(-c2ccccc2)n1. The normalized spacial score (nSPS) is 15.0. The van der Waals surface area contributed by atoms with Crippen LogP contribution < -0.4 is 0 Å². The predicted molar refractivity (Wildman–Crippen MR) is 93.9 cm³/mol. The molecule has 1 aromatic carbocycles. The highest BCUT2D eigenvalue weighted by Crippen LogP contribution is 2.24. The standard InChI is InChI=1S/C19H23N3O3/c1-21(14-9-5-3-6-10-14)18(23)17-13-16(19(24)25-2)20-22(17)15-11-7-4-8-12-15/h4,7-8,11-14H,3,5-6,9-10H2,1-2H3. The summed E-state index contributed by atoms with van der Waals surface area (Å²) in [6, 6.07) is 11.1. The van der Waals surface area contributed by atoms with E-state index in [2.05, 4.69) is 5.10 Å². The lowest BCUT2D eigenvalue weighted by molar-refractivity contribution is 0.0593. The second-order valence-electron chi connectivity index (χ2n) is 6.36. The Bertz CT molecular complexity index is 749. The second-order valence-corrected chi connectivity index (χ2v) is 6.36. The van der Waals surface area contributed by atoms with Gasteiger partial charge in [-0.15, -0.1) is 0 Å². The van der Waals surface area contributed by atoms with Crippen LogP contribution in [-0.2, 0) is 4.74 Å². The van der Waals surface area contributed by atoms with Crippen LogP contribution in [0.25, 0.3) is 5.69 Å². The van der Waals surface area contributed by atoms with Crippen molar-refractivity contribution in [1.82, 2.24) is 14.7 Å². The molecule has 1 heterocycles. The predicted octanol–water partition coefficient (Wildman–Crippen LogP) is 3.06. The van der Waals surface area contributed by atoms with Gasteiger partial charge in [-0.1, -0.05) is 37.5 Å². The Labute approximate surface area is 147 Å². The minimum absolute atomic E-state index is 0.126. The van der Waals surface area contributed by atoms with E-state index < -0.39 is 5.97 Å². The van der Waals surface area contributed by atoms with Gasteiger partial charge >= 0.3 is 5.97 Å². The van der Waals surface area contributed by atoms with E-state index in [-0.39, 0.29) is 17.6 Å². The number of carbonyl (C=O) groups excluding carboxylic acids is 2. The van der Waals surface area contributed by atoms with Crippen LogP contribution in [0.2, 0.25) is 0 Å². The molecule has 1 aliphatic carbocycles. The summed E-state index contributed by atoms with van der Waals surface area (Å²) in [6.07, 6.45) is 5.56. The van der Waals surface area contributed by atoms with E-state index in [1.165, 1.54) is 24.3 Å². The summed E-state index contributed by atoms with van der Waals surface area (Å²) in [4.78, 5) is 26.7. The molecular weight excluding hydrogens is 318 g/mol. The zero-order valence-electron chi connectivity index (χ0n) is 14.6. The zero-order valence-corrected chi connectivity index (χ0v) is 14.6. The van der Waals surface area contributed by atoms with E-state index in [0.29, 0.717) is 5.69 Å². The molecular formula is C19H23N3O3. The molecule has 2 aromatic rings. The maximum atomic E-state index is 13.1. The van der Waals surface area contributed by atoms with Crippen LogP contribution in [0.4, 0.5) is 0 Å². The fourth-order valence-electron chi connectivity index (χ4n) is 3.32. The highest BCUT2D eigenvalue weighted by molar-refractivity contribution is 5.96. The lowest BCUT2D eigenvalue weighted by Crippen LogP contribution is -2.39. The minimum atomic E-state index is -0.552. The summed E-state index contributed by atoms with van der Waals surface area (Å²) >= 11 is 0. The molecule has 1 amide bonds. The largest absolute Gasteiger partial charge is 0.464 e. The summed E-state index contributed by atoms with van der Waals surface area (Å²) in [5, 5.41) is 4.29. The van der Waals surface area contributed by atoms with E-state index in [4.69, 9.17) is 4.74 Å². The summed E-state index contributed by atoms with van der Waals surface area (Å²) in [5.74, 6) is -0.678. The van der Waals surface area contributed by atoms with Gasteiger partial charge in [0, 0.05) is 19.2 Å². The van der Waals surface area contributed by atoms with E-state index in [1.54, 1.807) is 4.90 Å². The van der Waals surface area contributed by atoms with E-state index in [1.807, 2.05) is 37.4 Å². The van der Waals surface area contributed by atoms with Crippen molar-refractivity contribution in [2.45, 2.75) is 38.1 Å². The summed E-state index contributed by atoms with van der Waals surface area (Å²) < 4.78 is 6.28. The first-order valence-corrected chi connectivity index (χ1v) is 8.62. The average Bonchev–Trinajstić information content (AvgIpc) is 3.13. The molecule has 1 aliphatic rings. The minimum Gasteiger partial charge on any atom is -0.464 e. The first-order chi connectivity index (χ1) is 12.1. The molecule has 0 aliphatic heterocycles. The molecule has 3 rings (SSSR count). The van der Waals surface area contributed by atoms with Crippen LogP contribution in [0.1, 0.15) is 53.1 Å². The van der Waals surface area contributed by atoms with Gasteiger partial charge in [0.05, 0.1) is 12.8 Å². The van der Waals surface area contributed by atoms with Crippen molar-refractivity contribution in [3.8, 4) is 5.69 Å². The smallest absolute Gasteiger partial charge is 0.358 e. The number of methoxy groups -OCH3 is 1. The van der Waals surface area contributed by atoms with Crippen molar-refractivity contribution in [1.29, 1.82) is 0 Å². The number of ether oxygens (including phenoxy) is 1. The van der Waals surface area contributed by atoms with E-state index in [9.17, 15) is 9.59 Å². The van der Waals surface area contributed by atoms with Crippen molar-refractivity contribution in [3.63, 3.8) is 0 Å². The first kappa shape index (κ1) is 17.2. The second kappa shape index (κ2) is 7.51. The maximum absolute atomic E-state index is 13.1. The van der Waals surface area contributed by atoms with Crippen molar-refractivity contribution >= 4 is 11.9 Å². The van der Waals surface area contributed by atoms with Crippen LogP contribution in [0.15, 0.2) is 36.4 Å². The van der Waals surface area contributed by atoms with Crippen molar-refractivity contribution < 1.29 is 14.3 Å². The van der Waals surface area contributed by atoms with Crippen LogP contribution in [0.3, 0.4) is 0 Å². The number of aromatic nitrogens is 2. The molecule has 0 bridgehead atoms. The molecule has 6 heteroatoms. The van der Waals surface area contributed by atoms with Gasteiger partial charge in [-0.25, -0.2) is 9.48 Å². The highest BCUT2D eigenvalue weighted by atomic mass is 16.5. The van der Waals surface area contributed by atoms with Gasteiger partial charge in [0.2, 0.25) is 0 Å². The number of esters is 1. The Morgan fingerprint density at radius 1 is 1.16 bits per heavy atom. The average molecular weight is 341 g/mol. The van der Waals surface area contributed by atoms with Gasteiger partial charge in [0.25, 0.3) is 5.91 Å². The monoisotopic (exact) mass is 341 g/mol. The molecule has 0 radical (unpaired) electrons. The molecule has 25 heavy (non-hydrogen) atoms. The summed E-state index contributed by atoms with van der Waals surface area (Å²) in [7, 11) is 3.14. The Morgan fingerprint density at radius 3 is 2.48 bits per heavy atom. The molecule has 0 saturated heterocycles. The third-order valence-electron chi connectivity index (χ3n) is 4.77. The molecule has 1 aromatic heterocycles. The number of amides is 1. The lowest BCUT2D eigenvalue weighted by atomic mass is 9.94. The lowest BCUT2D eigenvalue weighted by Gasteiger charge is -2.31. The van der Waals surface area contributed by atoms with Crippen molar-refractivity contribution in [3.05, 3.63) is 47.8 Å². The van der Waals surface area contributed by atoms with E-state index >= 15 is 0 Å². The van der Waals surface area contributed by atoms with Gasteiger partial charge in [-0.2, -0.15) is 5.10 Å². The van der Waals surface area contributed by atoms with Gasteiger partial charge in [-0.3, -0.25) is 4.79 Å². The molecule has 0 unspecified atom stereocenters. The Kier molecular flexibility index (Phi) is 5.16. The quantitative estimate of drug-likeness (QED) is 0.802. The van der Waals surface area contributed by atoms with Crippen molar-refractivity contribution in [2.24, 2.45) is 0 Å². The fourth-order valence-corrected chi connectivity index (χ4v) is 3.32. The van der Waals surface area contributed by atoms with Crippen LogP contribution in [0, 0.1) is 0 Å².